The fourth-order valence-electron chi connectivity index (χ4n) is 1.54. The minimum atomic E-state index is -1.49. The monoisotopic (exact) mass is 309 g/mol. The number of nitrogens with zero attached hydrogens (tertiary/aromatic N) is 1. The molecule has 4 nitrogen and oxygen atoms in total. The molecule has 0 spiro atoms. The Labute approximate surface area is 126 Å². The minimum absolute atomic E-state index is 0.405. The van der Waals surface area contributed by atoms with Gasteiger partial charge in [0, 0.05) is 11.9 Å². The maximum absolute atomic E-state index is 9.07. The summed E-state index contributed by atoms with van der Waals surface area (Å²) in [5.41, 5.74) is 0.405. The Hall–Kier alpha value is -1.21. The number of benzene rings is 1. The average Bonchev–Trinajstić information content (AvgIpc) is 2.45. The molecule has 1 aromatic heterocycles. The van der Waals surface area contributed by atoms with Crippen molar-refractivity contribution >= 4 is 35.9 Å². The van der Waals surface area contributed by atoms with Gasteiger partial charge >= 0.3 is 7.12 Å². The smallest absolute Gasteiger partial charge is 0.488 e. The van der Waals surface area contributed by atoms with E-state index in [0.717, 1.165) is 5.03 Å². The second-order valence-electron chi connectivity index (χ2n) is 3.93. The highest BCUT2D eigenvalue weighted by atomic mass is 35.5. The van der Waals surface area contributed by atoms with E-state index < -0.39 is 7.12 Å². The lowest BCUT2D eigenvalue weighted by Crippen LogP contribution is -2.29. The van der Waals surface area contributed by atoms with E-state index in [9.17, 15) is 0 Å². The van der Waals surface area contributed by atoms with Crippen LogP contribution in [-0.2, 0) is 0 Å². The summed E-state index contributed by atoms with van der Waals surface area (Å²) in [5, 5.41) is 19.5. The van der Waals surface area contributed by atoms with Crippen LogP contribution in [0.4, 0.5) is 0 Å². The van der Waals surface area contributed by atoms with Crippen LogP contribution >= 0.6 is 23.4 Å². The molecule has 0 aliphatic rings. The van der Waals surface area contributed by atoms with E-state index in [0.29, 0.717) is 28.6 Å². The zero-order valence-corrected chi connectivity index (χ0v) is 12.1. The molecular formula is C13H13BClNO3S. The Kier molecular flexibility index (Phi) is 5.73. The molecule has 2 aromatic rings. The van der Waals surface area contributed by atoms with Crippen molar-refractivity contribution in [3.8, 4) is 5.75 Å². The van der Waals surface area contributed by atoms with E-state index >= 15 is 0 Å². The van der Waals surface area contributed by atoms with Gasteiger partial charge in [-0.3, -0.25) is 0 Å². The number of ether oxygens (including phenoxy) is 1. The number of thioether (sulfide) groups is 1. The molecule has 0 aliphatic carbocycles. The summed E-state index contributed by atoms with van der Waals surface area (Å²) in [6, 6.07) is 10.3. The molecule has 20 heavy (non-hydrogen) atoms. The van der Waals surface area contributed by atoms with E-state index in [1.807, 2.05) is 0 Å². The lowest BCUT2D eigenvalue weighted by molar-refractivity contribution is 0.344. The van der Waals surface area contributed by atoms with Crippen molar-refractivity contribution in [1.82, 2.24) is 4.98 Å². The number of hydrogen-bond acceptors (Lipinski definition) is 5. The van der Waals surface area contributed by atoms with Gasteiger partial charge in [0.25, 0.3) is 0 Å². The first-order chi connectivity index (χ1) is 9.66. The Morgan fingerprint density at radius 2 is 2.10 bits per heavy atom. The van der Waals surface area contributed by atoms with E-state index in [1.165, 1.54) is 11.8 Å². The summed E-state index contributed by atoms with van der Waals surface area (Å²) in [4.78, 5) is 4.17. The zero-order valence-electron chi connectivity index (χ0n) is 10.6. The SMILES string of the molecule is OB(O)c1cccc(OCCSc2ncccc2Cl)c1. The Morgan fingerprint density at radius 1 is 1.25 bits per heavy atom. The molecule has 2 rings (SSSR count). The van der Waals surface area contributed by atoms with Crippen LogP contribution in [0.15, 0.2) is 47.6 Å². The topological polar surface area (TPSA) is 62.6 Å². The molecule has 0 fully saturated rings. The van der Waals surface area contributed by atoms with Gasteiger partial charge in [-0.2, -0.15) is 0 Å². The van der Waals surface area contributed by atoms with Gasteiger partial charge < -0.3 is 14.8 Å². The van der Waals surface area contributed by atoms with Crippen molar-refractivity contribution in [1.29, 1.82) is 0 Å². The molecule has 2 N–H and O–H groups in total. The normalized spacial score (nSPS) is 10.3. The summed E-state index contributed by atoms with van der Waals surface area (Å²) in [7, 11) is -1.49. The first kappa shape index (κ1) is 15.2. The molecule has 7 heteroatoms. The van der Waals surface area contributed by atoms with Crippen LogP contribution in [0.5, 0.6) is 5.75 Å². The fourth-order valence-corrected chi connectivity index (χ4v) is 2.53. The van der Waals surface area contributed by atoms with Gasteiger partial charge in [0.2, 0.25) is 0 Å². The molecule has 1 aromatic carbocycles. The first-order valence-electron chi connectivity index (χ1n) is 5.99. The molecule has 0 amide bonds. The maximum Gasteiger partial charge on any atom is 0.488 e. The van der Waals surface area contributed by atoms with Gasteiger partial charge in [-0.1, -0.05) is 23.7 Å². The van der Waals surface area contributed by atoms with Crippen molar-refractivity contribution in [2.45, 2.75) is 5.03 Å². The van der Waals surface area contributed by atoms with Gasteiger partial charge in [-0.15, -0.1) is 11.8 Å². The van der Waals surface area contributed by atoms with Gasteiger partial charge in [0.15, 0.2) is 0 Å². The third kappa shape index (κ3) is 4.42. The Morgan fingerprint density at radius 3 is 2.85 bits per heavy atom. The van der Waals surface area contributed by atoms with Crippen LogP contribution in [-0.4, -0.2) is 34.5 Å². The van der Waals surface area contributed by atoms with Crippen molar-refractivity contribution in [2.24, 2.45) is 0 Å². The molecule has 1 heterocycles. The van der Waals surface area contributed by atoms with Crippen LogP contribution in [0.25, 0.3) is 0 Å². The van der Waals surface area contributed by atoms with Crippen molar-refractivity contribution in [3.63, 3.8) is 0 Å². The summed E-state index contributed by atoms with van der Waals surface area (Å²) >= 11 is 7.51. The molecule has 0 aliphatic heterocycles. The molecule has 0 bridgehead atoms. The predicted octanol–water partition coefficient (Wildman–Crippen LogP) is 1.59. The van der Waals surface area contributed by atoms with Crippen molar-refractivity contribution < 1.29 is 14.8 Å². The molecule has 104 valence electrons. The summed E-state index contributed by atoms with van der Waals surface area (Å²) in [6.45, 7) is 0.475. The van der Waals surface area contributed by atoms with Crippen LogP contribution in [0.1, 0.15) is 0 Å². The maximum atomic E-state index is 9.07. The lowest BCUT2D eigenvalue weighted by atomic mass is 9.80. The molecule has 0 saturated carbocycles. The van der Waals surface area contributed by atoms with E-state index in [2.05, 4.69) is 4.98 Å². The summed E-state index contributed by atoms with van der Waals surface area (Å²) in [6.07, 6.45) is 1.70. The molecule has 0 unspecified atom stereocenters. The van der Waals surface area contributed by atoms with E-state index in [-0.39, 0.29) is 0 Å². The van der Waals surface area contributed by atoms with Crippen molar-refractivity contribution in [3.05, 3.63) is 47.6 Å². The standard InChI is InChI=1S/C13H13BClNO3S/c15-12-5-2-6-16-13(12)20-8-7-19-11-4-1-3-10(9-11)14(17)18/h1-6,9,17-18H,7-8H2. The van der Waals surface area contributed by atoms with Gasteiger partial charge in [0.05, 0.1) is 11.6 Å². The number of aromatic nitrogens is 1. The van der Waals surface area contributed by atoms with Gasteiger partial charge in [-0.25, -0.2) is 4.98 Å². The second-order valence-corrected chi connectivity index (χ2v) is 5.42. The lowest BCUT2D eigenvalue weighted by Gasteiger charge is -2.08. The predicted molar refractivity (Wildman–Crippen MR) is 81.7 cm³/mol. The number of hydrogen-bond donors (Lipinski definition) is 2. The third-order valence-electron chi connectivity index (χ3n) is 2.47. The fraction of sp³-hybridized carbons (Fsp3) is 0.154. The number of rotatable bonds is 6. The summed E-state index contributed by atoms with van der Waals surface area (Å²) < 4.78 is 5.54. The van der Waals surface area contributed by atoms with E-state index in [1.54, 1.807) is 42.6 Å². The van der Waals surface area contributed by atoms with Gasteiger partial charge in [-0.05, 0) is 29.7 Å². The molecule has 0 radical (unpaired) electrons. The van der Waals surface area contributed by atoms with Crippen molar-refractivity contribution in [2.75, 3.05) is 12.4 Å². The number of pyridine rings is 1. The molecule has 0 saturated heterocycles. The largest absolute Gasteiger partial charge is 0.493 e. The van der Waals surface area contributed by atoms with E-state index in [4.69, 9.17) is 26.4 Å². The van der Waals surface area contributed by atoms with Crippen LogP contribution in [0.2, 0.25) is 5.02 Å². The van der Waals surface area contributed by atoms with Crippen LogP contribution in [0.3, 0.4) is 0 Å². The number of halogens is 1. The second kappa shape index (κ2) is 7.54. The molecular weight excluding hydrogens is 296 g/mol. The highest BCUT2D eigenvalue weighted by Gasteiger charge is 2.11. The highest BCUT2D eigenvalue weighted by Crippen LogP contribution is 2.23. The Balaban J connectivity index is 1.82. The van der Waals surface area contributed by atoms with Gasteiger partial charge in [0.1, 0.15) is 10.8 Å². The Bertz CT molecular complexity index is 571. The quantitative estimate of drug-likeness (QED) is 0.482. The highest BCUT2D eigenvalue weighted by molar-refractivity contribution is 7.99. The first-order valence-corrected chi connectivity index (χ1v) is 7.35. The molecule has 0 atom stereocenters. The zero-order chi connectivity index (χ0) is 14.4. The summed E-state index contributed by atoms with van der Waals surface area (Å²) in [5.74, 6) is 1.30. The van der Waals surface area contributed by atoms with Crippen LogP contribution in [0, 0.1) is 0 Å². The van der Waals surface area contributed by atoms with Crippen LogP contribution < -0.4 is 10.2 Å². The average molecular weight is 310 g/mol. The minimum Gasteiger partial charge on any atom is -0.493 e. The third-order valence-corrected chi connectivity index (χ3v) is 3.86.